The second-order valence-electron chi connectivity index (χ2n) is 8.10. The molecule has 1 saturated carbocycles. The number of hydrogen-bond acceptors (Lipinski definition) is 4. The number of nitrogens with zero attached hydrogens (tertiary/aromatic N) is 1. The van der Waals surface area contributed by atoms with Crippen LogP contribution in [0.1, 0.15) is 48.0 Å². The minimum absolute atomic E-state index is 0.0300. The molecule has 1 aliphatic heterocycles. The minimum Gasteiger partial charge on any atom is -0.488 e. The SMILES string of the molecule is CN(C1CCCCC1)S(=O)(=O)c1cccc(C(=O)NCC2Cc3ccccc3O2)c1. The van der Waals surface area contributed by atoms with Crippen molar-refractivity contribution in [3.8, 4) is 5.75 Å². The number of amides is 1. The van der Waals surface area contributed by atoms with Gasteiger partial charge in [0.15, 0.2) is 0 Å². The number of nitrogens with one attached hydrogen (secondary N) is 1. The van der Waals surface area contributed by atoms with Crippen LogP contribution in [0.25, 0.3) is 0 Å². The highest BCUT2D eigenvalue weighted by atomic mass is 32.2. The Labute approximate surface area is 178 Å². The lowest BCUT2D eigenvalue weighted by molar-refractivity contribution is 0.0933. The second-order valence-corrected chi connectivity index (χ2v) is 10.1. The highest BCUT2D eigenvalue weighted by Gasteiger charge is 2.29. The number of para-hydroxylation sites is 1. The summed E-state index contributed by atoms with van der Waals surface area (Å²) >= 11 is 0. The standard InChI is InChI=1S/C23H28N2O4S/c1-25(19-10-3-2-4-11-19)30(27,28)21-12-7-9-18(15-21)23(26)24-16-20-14-17-8-5-6-13-22(17)29-20/h5-9,12-13,15,19-20H,2-4,10-11,14,16H2,1H3,(H,24,26). The number of sulfonamides is 1. The molecule has 0 bridgehead atoms. The number of ether oxygens (including phenoxy) is 1. The number of benzene rings is 2. The molecule has 1 atom stereocenters. The lowest BCUT2D eigenvalue weighted by Gasteiger charge is -2.30. The summed E-state index contributed by atoms with van der Waals surface area (Å²) in [5.74, 6) is 0.558. The number of carbonyl (C=O) groups is 1. The van der Waals surface area contributed by atoms with Crippen molar-refractivity contribution >= 4 is 15.9 Å². The van der Waals surface area contributed by atoms with Gasteiger partial charge in [-0.25, -0.2) is 8.42 Å². The molecule has 0 saturated heterocycles. The van der Waals surface area contributed by atoms with Crippen LogP contribution in [0.5, 0.6) is 5.75 Å². The molecule has 1 N–H and O–H groups in total. The van der Waals surface area contributed by atoms with E-state index in [9.17, 15) is 13.2 Å². The van der Waals surface area contributed by atoms with Crippen LogP contribution in [0.3, 0.4) is 0 Å². The highest BCUT2D eigenvalue weighted by molar-refractivity contribution is 7.89. The molecular weight excluding hydrogens is 400 g/mol. The Morgan fingerprint density at radius 3 is 2.63 bits per heavy atom. The third-order valence-electron chi connectivity index (χ3n) is 6.07. The highest BCUT2D eigenvalue weighted by Crippen LogP contribution is 2.28. The van der Waals surface area contributed by atoms with Gasteiger partial charge in [0, 0.05) is 25.1 Å². The molecule has 1 fully saturated rings. The molecule has 160 valence electrons. The molecule has 2 aliphatic rings. The summed E-state index contributed by atoms with van der Waals surface area (Å²) in [5, 5.41) is 2.87. The largest absolute Gasteiger partial charge is 0.488 e. The fraction of sp³-hybridized carbons (Fsp3) is 0.435. The first-order chi connectivity index (χ1) is 14.4. The molecule has 1 amide bonds. The lowest BCUT2D eigenvalue weighted by Crippen LogP contribution is -2.38. The molecule has 6 nitrogen and oxygen atoms in total. The summed E-state index contributed by atoms with van der Waals surface area (Å²) in [6.45, 7) is 0.368. The molecular formula is C23H28N2O4S. The van der Waals surface area contributed by atoms with E-state index in [2.05, 4.69) is 5.32 Å². The predicted octanol–water partition coefficient (Wildman–Crippen LogP) is 3.37. The van der Waals surface area contributed by atoms with Crippen LogP contribution < -0.4 is 10.1 Å². The Hall–Kier alpha value is -2.38. The number of rotatable bonds is 6. The summed E-state index contributed by atoms with van der Waals surface area (Å²) in [7, 11) is -1.99. The summed E-state index contributed by atoms with van der Waals surface area (Å²) in [6.07, 6.45) is 5.68. The average Bonchev–Trinajstić information content (AvgIpc) is 3.20. The molecule has 0 aromatic heterocycles. The molecule has 2 aromatic rings. The first-order valence-electron chi connectivity index (χ1n) is 10.6. The number of hydrogen-bond donors (Lipinski definition) is 1. The van der Waals surface area contributed by atoms with Crippen molar-refractivity contribution < 1.29 is 17.9 Å². The Morgan fingerprint density at radius 2 is 1.87 bits per heavy atom. The van der Waals surface area contributed by atoms with Crippen molar-refractivity contribution in [2.45, 2.75) is 55.6 Å². The molecule has 0 spiro atoms. The third-order valence-corrected chi connectivity index (χ3v) is 7.97. The van der Waals surface area contributed by atoms with Gasteiger partial charge in [-0.1, -0.05) is 43.5 Å². The average molecular weight is 429 g/mol. The first-order valence-corrected chi connectivity index (χ1v) is 12.0. The van der Waals surface area contributed by atoms with Gasteiger partial charge in [-0.2, -0.15) is 4.31 Å². The van der Waals surface area contributed by atoms with Gasteiger partial charge in [-0.3, -0.25) is 4.79 Å². The maximum atomic E-state index is 13.1. The predicted molar refractivity (Wildman–Crippen MR) is 115 cm³/mol. The van der Waals surface area contributed by atoms with Gasteiger partial charge < -0.3 is 10.1 Å². The van der Waals surface area contributed by atoms with E-state index in [0.717, 1.165) is 49.8 Å². The molecule has 4 rings (SSSR count). The zero-order chi connectivity index (χ0) is 21.1. The second kappa shape index (κ2) is 8.78. The molecule has 1 heterocycles. The topological polar surface area (TPSA) is 75.7 Å². The fourth-order valence-corrected chi connectivity index (χ4v) is 5.74. The van der Waals surface area contributed by atoms with Crippen LogP contribution in [-0.4, -0.2) is 44.4 Å². The minimum atomic E-state index is -3.63. The van der Waals surface area contributed by atoms with E-state index in [1.165, 1.54) is 10.4 Å². The van der Waals surface area contributed by atoms with Gasteiger partial charge in [-0.05, 0) is 42.7 Å². The molecule has 7 heteroatoms. The molecule has 30 heavy (non-hydrogen) atoms. The van der Waals surface area contributed by atoms with Crippen molar-refractivity contribution in [3.63, 3.8) is 0 Å². The fourth-order valence-electron chi connectivity index (χ4n) is 4.28. The van der Waals surface area contributed by atoms with Crippen molar-refractivity contribution in [2.24, 2.45) is 0 Å². The van der Waals surface area contributed by atoms with Crippen molar-refractivity contribution in [3.05, 3.63) is 59.7 Å². The van der Waals surface area contributed by atoms with E-state index >= 15 is 0 Å². The van der Waals surface area contributed by atoms with Crippen molar-refractivity contribution in [1.29, 1.82) is 0 Å². The summed E-state index contributed by atoms with van der Waals surface area (Å²) in [5.41, 5.74) is 1.47. The van der Waals surface area contributed by atoms with Gasteiger partial charge in [0.1, 0.15) is 11.9 Å². The van der Waals surface area contributed by atoms with Crippen LogP contribution in [0.15, 0.2) is 53.4 Å². The van der Waals surface area contributed by atoms with Gasteiger partial charge >= 0.3 is 0 Å². The third kappa shape index (κ3) is 4.37. The molecule has 1 unspecified atom stereocenters. The lowest BCUT2D eigenvalue weighted by atomic mass is 9.96. The monoisotopic (exact) mass is 428 g/mol. The van der Waals surface area contributed by atoms with E-state index in [-0.39, 0.29) is 22.9 Å². The van der Waals surface area contributed by atoms with Gasteiger partial charge in [0.2, 0.25) is 10.0 Å². The zero-order valence-electron chi connectivity index (χ0n) is 17.2. The summed E-state index contributed by atoms with van der Waals surface area (Å²) in [4.78, 5) is 12.8. The van der Waals surface area contributed by atoms with E-state index in [1.54, 1.807) is 25.2 Å². The maximum Gasteiger partial charge on any atom is 0.251 e. The van der Waals surface area contributed by atoms with E-state index < -0.39 is 10.0 Å². The Balaban J connectivity index is 1.40. The van der Waals surface area contributed by atoms with Crippen molar-refractivity contribution in [1.82, 2.24) is 9.62 Å². The van der Waals surface area contributed by atoms with E-state index in [1.807, 2.05) is 24.3 Å². The Kier molecular flexibility index (Phi) is 6.11. The smallest absolute Gasteiger partial charge is 0.251 e. The van der Waals surface area contributed by atoms with E-state index in [0.29, 0.717) is 12.1 Å². The normalized spacial score (nSPS) is 19.3. The first kappa shape index (κ1) is 20.9. The summed E-state index contributed by atoms with van der Waals surface area (Å²) in [6, 6.07) is 14.2. The van der Waals surface area contributed by atoms with Gasteiger partial charge in [0.25, 0.3) is 5.91 Å². The molecule has 1 aliphatic carbocycles. The summed E-state index contributed by atoms with van der Waals surface area (Å²) < 4.78 is 33.5. The van der Waals surface area contributed by atoms with Crippen molar-refractivity contribution in [2.75, 3.05) is 13.6 Å². The van der Waals surface area contributed by atoms with Gasteiger partial charge in [-0.15, -0.1) is 0 Å². The van der Waals surface area contributed by atoms with Crippen LogP contribution in [0.2, 0.25) is 0 Å². The number of fused-ring (bicyclic) bond motifs is 1. The maximum absolute atomic E-state index is 13.1. The van der Waals surface area contributed by atoms with Crippen LogP contribution in [-0.2, 0) is 16.4 Å². The molecule has 0 radical (unpaired) electrons. The van der Waals surface area contributed by atoms with Crippen LogP contribution in [0, 0.1) is 0 Å². The molecule has 2 aromatic carbocycles. The Bertz CT molecular complexity index is 990. The Morgan fingerprint density at radius 1 is 1.10 bits per heavy atom. The van der Waals surface area contributed by atoms with Gasteiger partial charge in [0.05, 0.1) is 11.4 Å². The van der Waals surface area contributed by atoms with E-state index in [4.69, 9.17) is 4.74 Å². The number of carbonyl (C=O) groups excluding carboxylic acids is 1. The zero-order valence-corrected chi connectivity index (χ0v) is 18.0. The quantitative estimate of drug-likeness (QED) is 0.765. The van der Waals surface area contributed by atoms with Crippen LogP contribution in [0.4, 0.5) is 0 Å². The van der Waals surface area contributed by atoms with Crippen LogP contribution >= 0.6 is 0 Å².